The van der Waals surface area contributed by atoms with E-state index in [9.17, 15) is 22.8 Å². The Morgan fingerprint density at radius 1 is 1.09 bits per heavy atom. The van der Waals surface area contributed by atoms with Crippen molar-refractivity contribution in [2.24, 2.45) is 0 Å². The van der Waals surface area contributed by atoms with E-state index in [1.54, 1.807) is 4.68 Å². The van der Waals surface area contributed by atoms with Crippen molar-refractivity contribution in [1.82, 2.24) is 14.7 Å². The number of alkyl halides is 3. The van der Waals surface area contributed by atoms with Gasteiger partial charge >= 0.3 is 6.36 Å². The highest BCUT2D eigenvalue weighted by molar-refractivity contribution is 5.99. The number of carbonyl (C=O) groups is 2. The van der Waals surface area contributed by atoms with Crippen LogP contribution >= 0.6 is 0 Å². The minimum Gasteiger partial charge on any atom is -0.406 e. The highest BCUT2D eigenvalue weighted by Gasteiger charge is 2.31. The van der Waals surface area contributed by atoms with Crippen molar-refractivity contribution >= 4 is 17.5 Å². The minimum atomic E-state index is -4.79. The average Bonchev–Trinajstić information content (AvgIpc) is 3.37. The third kappa shape index (κ3) is 5.16. The van der Waals surface area contributed by atoms with Gasteiger partial charge in [0.05, 0.1) is 12.2 Å². The molecule has 1 N–H and O–H groups in total. The monoisotopic (exact) mass is 458 g/mol. The predicted molar refractivity (Wildman–Crippen MR) is 114 cm³/mol. The Bertz CT molecular complexity index is 1160. The molecule has 0 spiro atoms. The molecule has 172 valence electrons. The number of nitrogens with zero attached hydrogens (tertiary/aromatic N) is 3. The standard InChI is InChI=1S/C23H21F3N4O3/c1-29(14-20(31)27-15-10-12-17(13-11-15)33-23(24,25)26)22(32)21-18-8-5-9-19(18)30(28-21)16-6-3-2-4-7-16/h2-4,6-7,10-13H,5,8-9,14H2,1H3,(H,27,31). The number of fused-ring (bicyclic) bond motifs is 1. The number of amides is 2. The second-order valence-corrected chi connectivity index (χ2v) is 7.66. The number of carbonyl (C=O) groups excluding carboxylic acids is 2. The summed E-state index contributed by atoms with van der Waals surface area (Å²) in [5, 5.41) is 7.10. The van der Waals surface area contributed by atoms with Crippen LogP contribution in [0.3, 0.4) is 0 Å². The maximum atomic E-state index is 13.1. The first-order valence-electron chi connectivity index (χ1n) is 10.3. The molecule has 0 aliphatic heterocycles. The van der Waals surface area contributed by atoms with Crippen molar-refractivity contribution in [2.45, 2.75) is 25.6 Å². The van der Waals surface area contributed by atoms with Crippen LogP contribution < -0.4 is 10.1 Å². The number of nitrogens with one attached hydrogen (secondary N) is 1. The van der Waals surface area contributed by atoms with Crippen molar-refractivity contribution in [3.8, 4) is 11.4 Å². The van der Waals surface area contributed by atoms with E-state index in [0.29, 0.717) is 5.69 Å². The highest BCUT2D eigenvalue weighted by atomic mass is 19.4. The lowest BCUT2D eigenvalue weighted by atomic mass is 10.2. The average molecular weight is 458 g/mol. The lowest BCUT2D eigenvalue weighted by Gasteiger charge is -2.16. The van der Waals surface area contributed by atoms with E-state index in [4.69, 9.17) is 0 Å². The Morgan fingerprint density at radius 3 is 2.45 bits per heavy atom. The summed E-state index contributed by atoms with van der Waals surface area (Å²) >= 11 is 0. The zero-order valence-corrected chi connectivity index (χ0v) is 17.7. The molecule has 1 aliphatic carbocycles. The first-order chi connectivity index (χ1) is 15.7. The van der Waals surface area contributed by atoms with Crippen LogP contribution in [0.5, 0.6) is 5.75 Å². The number of likely N-dealkylation sites (N-methyl/N-ethyl adjacent to an activating group) is 1. The number of benzene rings is 2. The molecule has 2 amide bonds. The van der Waals surface area contributed by atoms with Gasteiger partial charge in [-0.3, -0.25) is 9.59 Å². The fourth-order valence-electron chi connectivity index (χ4n) is 3.80. The molecule has 10 heteroatoms. The van der Waals surface area contributed by atoms with Gasteiger partial charge in [0.1, 0.15) is 5.75 Å². The predicted octanol–water partition coefficient (Wildman–Crippen LogP) is 3.97. The molecule has 0 unspecified atom stereocenters. The maximum Gasteiger partial charge on any atom is 0.573 e. The molecular formula is C23H21F3N4O3. The zero-order valence-electron chi connectivity index (χ0n) is 17.7. The zero-order chi connectivity index (χ0) is 23.6. The van der Waals surface area contributed by atoms with Gasteiger partial charge in [-0.1, -0.05) is 18.2 Å². The second kappa shape index (κ2) is 8.97. The van der Waals surface area contributed by atoms with Crippen molar-refractivity contribution in [3.05, 3.63) is 71.5 Å². The largest absolute Gasteiger partial charge is 0.573 e. The molecule has 1 heterocycles. The molecule has 0 saturated heterocycles. The van der Waals surface area contributed by atoms with E-state index in [-0.39, 0.29) is 18.1 Å². The van der Waals surface area contributed by atoms with Gasteiger partial charge in [-0.25, -0.2) is 4.68 Å². The first kappa shape index (κ1) is 22.4. The van der Waals surface area contributed by atoms with Crippen molar-refractivity contribution < 1.29 is 27.5 Å². The van der Waals surface area contributed by atoms with Gasteiger partial charge < -0.3 is 15.0 Å². The Hall–Kier alpha value is -3.82. The molecule has 0 radical (unpaired) electrons. The van der Waals surface area contributed by atoms with Gasteiger partial charge in [0.2, 0.25) is 5.91 Å². The highest BCUT2D eigenvalue weighted by Crippen LogP contribution is 2.28. The van der Waals surface area contributed by atoms with Crippen LogP contribution in [-0.4, -0.2) is 46.4 Å². The van der Waals surface area contributed by atoms with E-state index in [1.807, 2.05) is 30.3 Å². The summed E-state index contributed by atoms with van der Waals surface area (Å²) in [5.41, 5.74) is 3.38. The number of ether oxygens (including phenoxy) is 1. The second-order valence-electron chi connectivity index (χ2n) is 7.66. The topological polar surface area (TPSA) is 76.5 Å². The van der Waals surface area contributed by atoms with Crippen LogP contribution in [0.15, 0.2) is 54.6 Å². The molecule has 4 rings (SSSR count). The van der Waals surface area contributed by atoms with Gasteiger partial charge in [-0.15, -0.1) is 13.2 Å². The molecule has 2 aromatic carbocycles. The molecule has 1 aliphatic rings. The number of rotatable bonds is 6. The number of hydrogen-bond acceptors (Lipinski definition) is 4. The SMILES string of the molecule is CN(CC(=O)Nc1ccc(OC(F)(F)F)cc1)C(=O)c1nn(-c2ccccc2)c2c1CCC2. The summed E-state index contributed by atoms with van der Waals surface area (Å²) in [6.07, 6.45) is -2.29. The Kier molecular flexibility index (Phi) is 6.08. The summed E-state index contributed by atoms with van der Waals surface area (Å²) in [5.74, 6) is -1.25. The number of aromatic nitrogens is 2. The van der Waals surface area contributed by atoms with Crippen molar-refractivity contribution in [1.29, 1.82) is 0 Å². The van der Waals surface area contributed by atoms with Gasteiger partial charge in [0.15, 0.2) is 5.69 Å². The first-order valence-corrected chi connectivity index (χ1v) is 10.3. The molecule has 0 fully saturated rings. The van der Waals surface area contributed by atoms with Crippen LogP contribution in [0.2, 0.25) is 0 Å². The molecule has 0 bridgehead atoms. The lowest BCUT2D eigenvalue weighted by molar-refractivity contribution is -0.274. The number of halogens is 3. The summed E-state index contributed by atoms with van der Waals surface area (Å²) in [6.45, 7) is -0.243. The number of hydrogen-bond donors (Lipinski definition) is 1. The number of anilines is 1. The third-order valence-electron chi connectivity index (χ3n) is 5.23. The van der Waals surface area contributed by atoms with Gasteiger partial charge in [-0.05, 0) is 55.7 Å². The summed E-state index contributed by atoms with van der Waals surface area (Å²) in [7, 11) is 1.51. The molecule has 7 nitrogen and oxygen atoms in total. The third-order valence-corrected chi connectivity index (χ3v) is 5.23. The maximum absolute atomic E-state index is 13.1. The van der Waals surface area contributed by atoms with Gasteiger partial charge in [-0.2, -0.15) is 5.10 Å². The van der Waals surface area contributed by atoms with Gasteiger partial charge in [0.25, 0.3) is 5.91 Å². The quantitative estimate of drug-likeness (QED) is 0.607. The molecule has 0 atom stereocenters. The van der Waals surface area contributed by atoms with E-state index in [0.717, 1.165) is 48.3 Å². The smallest absolute Gasteiger partial charge is 0.406 e. The summed E-state index contributed by atoms with van der Waals surface area (Å²) in [4.78, 5) is 26.7. The van der Waals surface area contributed by atoms with Crippen LogP contribution in [0.4, 0.5) is 18.9 Å². The number of para-hydroxylation sites is 1. The molecular weight excluding hydrogens is 437 g/mol. The van der Waals surface area contributed by atoms with E-state index in [2.05, 4.69) is 15.2 Å². The fourth-order valence-corrected chi connectivity index (χ4v) is 3.80. The van der Waals surface area contributed by atoms with E-state index in [1.165, 1.54) is 24.1 Å². The van der Waals surface area contributed by atoms with Crippen LogP contribution in [0, 0.1) is 0 Å². The normalized spacial score (nSPS) is 12.8. The Labute approximate surface area is 187 Å². The Balaban J connectivity index is 1.42. The Morgan fingerprint density at radius 2 is 1.79 bits per heavy atom. The molecule has 3 aromatic rings. The van der Waals surface area contributed by atoms with Crippen molar-refractivity contribution in [3.63, 3.8) is 0 Å². The van der Waals surface area contributed by atoms with Crippen LogP contribution in [-0.2, 0) is 17.6 Å². The molecule has 0 saturated carbocycles. The summed E-state index contributed by atoms with van der Waals surface area (Å²) < 4.78 is 42.4. The summed E-state index contributed by atoms with van der Waals surface area (Å²) in [6, 6.07) is 14.3. The fraction of sp³-hybridized carbons (Fsp3) is 0.261. The minimum absolute atomic E-state index is 0.243. The molecule has 1 aromatic heterocycles. The van der Waals surface area contributed by atoms with Crippen LogP contribution in [0.25, 0.3) is 5.69 Å². The lowest BCUT2D eigenvalue weighted by Crippen LogP contribution is -2.35. The molecule has 33 heavy (non-hydrogen) atoms. The van der Waals surface area contributed by atoms with Crippen molar-refractivity contribution in [2.75, 3.05) is 18.9 Å². The van der Waals surface area contributed by atoms with Crippen LogP contribution in [0.1, 0.15) is 28.2 Å². The van der Waals surface area contributed by atoms with E-state index < -0.39 is 18.0 Å². The van der Waals surface area contributed by atoms with E-state index >= 15 is 0 Å². The van der Waals surface area contributed by atoms with Gasteiger partial charge in [0, 0.05) is 24.0 Å².